The lowest BCUT2D eigenvalue weighted by Gasteiger charge is -2.10. The van der Waals surface area contributed by atoms with Crippen LogP contribution in [0.1, 0.15) is 35.7 Å². The van der Waals surface area contributed by atoms with Crippen molar-refractivity contribution in [3.8, 4) is 0 Å². The number of hydrogen-bond acceptors (Lipinski definition) is 2. The van der Waals surface area contributed by atoms with E-state index < -0.39 is 11.7 Å². The Balaban J connectivity index is 3.14. The summed E-state index contributed by atoms with van der Waals surface area (Å²) in [6.07, 6.45) is -3.67. The van der Waals surface area contributed by atoms with Crippen molar-refractivity contribution < 1.29 is 18.0 Å². The Kier molecular flexibility index (Phi) is 3.57. The summed E-state index contributed by atoms with van der Waals surface area (Å²) in [5.74, 6) is -0.355. The van der Waals surface area contributed by atoms with E-state index in [-0.39, 0.29) is 23.5 Å². The predicted octanol–water partition coefficient (Wildman–Crippen LogP) is 3.27. The third-order valence-corrected chi connectivity index (χ3v) is 2.16. The van der Waals surface area contributed by atoms with Crippen LogP contribution in [-0.4, -0.2) is 5.78 Å². The minimum Gasteiger partial charge on any atom is -0.398 e. The van der Waals surface area contributed by atoms with Crippen molar-refractivity contribution in [1.29, 1.82) is 0 Å². The van der Waals surface area contributed by atoms with E-state index in [0.717, 1.165) is 18.2 Å². The first-order valence-corrected chi connectivity index (χ1v) is 4.86. The van der Waals surface area contributed by atoms with E-state index in [1.807, 2.05) is 0 Å². The van der Waals surface area contributed by atoms with Crippen molar-refractivity contribution in [3.05, 3.63) is 29.3 Å². The molecule has 0 amide bonds. The van der Waals surface area contributed by atoms with Gasteiger partial charge in [0.2, 0.25) is 0 Å². The van der Waals surface area contributed by atoms with Gasteiger partial charge in [-0.2, -0.15) is 13.2 Å². The Morgan fingerprint density at radius 3 is 2.50 bits per heavy atom. The topological polar surface area (TPSA) is 43.1 Å². The summed E-state index contributed by atoms with van der Waals surface area (Å²) < 4.78 is 37.2. The lowest BCUT2D eigenvalue weighted by atomic mass is 10.0. The zero-order chi connectivity index (χ0) is 12.3. The van der Waals surface area contributed by atoms with E-state index in [9.17, 15) is 18.0 Å². The summed E-state index contributed by atoms with van der Waals surface area (Å²) in [6.45, 7) is 1.78. The molecule has 0 aliphatic heterocycles. The zero-order valence-corrected chi connectivity index (χ0v) is 8.77. The molecule has 1 aromatic rings. The average molecular weight is 231 g/mol. The quantitative estimate of drug-likeness (QED) is 0.640. The summed E-state index contributed by atoms with van der Waals surface area (Å²) >= 11 is 0. The largest absolute Gasteiger partial charge is 0.416 e. The van der Waals surface area contributed by atoms with Gasteiger partial charge in [-0.05, 0) is 24.6 Å². The van der Waals surface area contributed by atoms with Gasteiger partial charge in [-0.3, -0.25) is 4.79 Å². The summed E-state index contributed by atoms with van der Waals surface area (Å²) in [7, 11) is 0. The molecule has 88 valence electrons. The standard InChI is InChI=1S/C11H12F3NO/c1-2-3-10(16)8-6-7(11(12,13)14)4-5-9(8)15/h4-6H,2-3,15H2,1H3. The number of anilines is 1. The number of benzene rings is 1. The number of carbonyl (C=O) groups is 1. The Morgan fingerprint density at radius 2 is 2.00 bits per heavy atom. The first kappa shape index (κ1) is 12.5. The summed E-state index contributed by atoms with van der Waals surface area (Å²) in [5.41, 5.74) is 4.67. The number of ketones is 1. The molecule has 5 heteroatoms. The van der Waals surface area contributed by atoms with Crippen molar-refractivity contribution in [1.82, 2.24) is 0 Å². The average Bonchev–Trinajstić information content (AvgIpc) is 2.16. The number of carbonyl (C=O) groups excluding carboxylic acids is 1. The molecule has 16 heavy (non-hydrogen) atoms. The normalized spacial score (nSPS) is 11.5. The van der Waals surface area contributed by atoms with E-state index in [2.05, 4.69) is 0 Å². The zero-order valence-electron chi connectivity index (χ0n) is 8.77. The second-order valence-corrected chi connectivity index (χ2v) is 3.47. The fraction of sp³-hybridized carbons (Fsp3) is 0.364. The third-order valence-electron chi connectivity index (χ3n) is 2.16. The van der Waals surface area contributed by atoms with Gasteiger partial charge in [-0.15, -0.1) is 0 Å². The first-order chi connectivity index (χ1) is 7.36. The first-order valence-electron chi connectivity index (χ1n) is 4.86. The molecule has 0 aliphatic carbocycles. The predicted molar refractivity (Wildman–Crippen MR) is 55.1 cm³/mol. The molecule has 0 unspecified atom stereocenters. The van der Waals surface area contributed by atoms with Crippen molar-refractivity contribution in [2.24, 2.45) is 0 Å². The van der Waals surface area contributed by atoms with Crippen LogP contribution in [0.15, 0.2) is 18.2 Å². The molecule has 0 saturated carbocycles. The van der Waals surface area contributed by atoms with Crippen LogP contribution in [0.5, 0.6) is 0 Å². The van der Waals surface area contributed by atoms with Gasteiger partial charge in [-0.1, -0.05) is 6.92 Å². The van der Waals surface area contributed by atoms with Gasteiger partial charge in [-0.25, -0.2) is 0 Å². The lowest BCUT2D eigenvalue weighted by Crippen LogP contribution is -2.09. The second-order valence-electron chi connectivity index (χ2n) is 3.47. The highest BCUT2D eigenvalue weighted by molar-refractivity contribution is 6.00. The summed E-state index contributed by atoms with van der Waals surface area (Å²) in [4.78, 5) is 11.5. The van der Waals surface area contributed by atoms with E-state index in [4.69, 9.17) is 5.73 Å². The van der Waals surface area contributed by atoms with Crippen LogP contribution in [-0.2, 0) is 6.18 Å². The number of rotatable bonds is 3. The summed E-state index contributed by atoms with van der Waals surface area (Å²) in [6, 6.07) is 2.80. The molecule has 0 saturated heterocycles. The molecule has 2 N–H and O–H groups in total. The van der Waals surface area contributed by atoms with Crippen LogP contribution in [0, 0.1) is 0 Å². The fourth-order valence-corrected chi connectivity index (χ4v) is 1.34. The van der Waals surface area contributed by atoms with Crippen molar-refractivity contribution in [2.45, 2.75) is 25.9 Å². The molecule has 1 aromatic carbocycles. The molecule has 0 spiro atoms. The fourth-order valence-electron chi connectivity index (χ4n) is 1.34. The maximum Gasteiger partial charge on any atom is 0.416 e. The minimum absolute atomic E-state index is 0.0447. The van der Waals surface area contributed by atoms with Crippen molar-refractivity contribution in [3.63, 3.8) is 0 Å². The van der Waals surface area contributed by atoms with E-state index in [1.54, 1.807) is 6.92 Å². The number of hydrogen-bond donors (Lipinski definition) is 1. The second kappa shape index (κ2) is 4.55. The number of halogens is 3. The minimum atomic E-state index is -4.45. The Labute approximate surface area is 91.3 Å². The Hall–Kier alpha value is -1.52. The van der Waals surface area contributed by atoms with Gasteiger partial charge in [0.15, 0.2) is 5.78 Å². The SMILES string of the molecule is CCCC(=O)c1cc(C(F)(F)F)ccc1N. The molecular formula is C11H12F3NO. The number of nitrogen functional groups attached to an aromatic ring is 1. The molecule has 0 heterocycles. The molecule has 0 bridgehead atoms. The molecule has 0 aromatic heterocycles. The number of alkyl halides is 3. The van der Waals surface area contributed by atoms with E-state index >= 15 is 0 Å². The van der Waals surface area contributed by atoms with Crippen molar-refractivity contribution >= 4 is 11.5 Å². The van der Waals surface area contributed by atoms with Crippen LogP contribution in [0.2, 0.25) is 0 Å². The Bertz CT molecular complexity index is 399. The maximum atomic E-state index is 12.4. The van der Waals surface area contributed by atoms with Gasteiger partial charge in [0.25, 0.3) is 0 Å². The third kappa shape index (κ3) is 2.74. The van der Waals surface area contributed by atoms with Gasteiger partial charge < -0.3 is 5.73 Å². The molecule has 0 aliphatic rings. The highest BCUT2D eigenvalue weighted by atomic mass is 19.4. The monoisotopic (exact) mass is 231 g/mol. The highest BCUT2D eigenvalue weighted by Gasteiger charge is 2.31. The Morgan fingerprint density at radius 1 is 1.38 bits per heavy atom. The molecule has 2 nitrogen and oxygen atoms in total. The van der Waals surface area contributed by atoms with Crippen LogP contribution >= 0.6 is 0 Å². The van der Waals surface area contributed by atoms with Crippen LogP contribution in [0.25, 0.3) is 0 Å². The van der Waals surface area contributed by atoms with E-state index in [0.29, 0.717) is 6.42 Å². The van der Waals surface area contributed by atoms with Gasteiger partial charge >= 0.3 is 6.18 Å². The smallest absolute Gasteiger partial charge is 0.398 e. The molecule has 1 rings (SSSR count). The molecule has 0 atom stereocenters. The lowest BCUT2D eigenvalue weighted by molar-refractivity contribution is -0.137. The maximum absolute atomic E-state index is 12.4. The van der Waals surface area contributed by atoms with Crippen LogP contribution in [0.4, 0.5) is 18.9 Å². The number of Topliss-reactive ketones (excluding diaryl/α,β-unsaturated/α-hetero) is 1. The molecular weight excluding hydrogens is 219 g/mol. The number of nitrogens with two attached hydrogens (primary N) is 1. The highest BCUT2D eigenvalue weighted by Crippen LogP contribution is 2.31. The molecule has 0 fully saturated rings. The van der Waals surface area contributed by atoms with Crippen LogP contribution < -0.4 is 5.73 Å². The molecule has 0 radical (unpaired) electrons. The van der Waals surface area contributed by atoms with Crippen molar-refractivity contribution in [2.75, 3.05) is 5.73 Å². The summed E-state index contributed by atoms with van der Waals surface area (Å²) in [5, 5.41) is 0. The van der Waals surface area contributed by atoms with Gasteiger partial charge in [0.1, 0.15) is 0 Å². The van der Waals surface area contributed by atoms with E-state index in [1.165, 1.54) is 0 Å². The van der Waals surface area contributed by atoms with Gasteiger partial charge in [0.05, 0.1) is 5.56 Å². The van der Waals surface area contributed by atoms with Crippen LogP contribution in [0.3, 0.4) is 0 Å². The van der Waals surface area contributed by atoms with Gasteiger partial charge in [0, 0.05) is 17.7 Å².